The zero-order chi connectivity index (χ0) is 26.4. The number of fused-ring (bicyclic) bond motifs is 1. The van der Waals surface area contributed by atoms with Gasteiger partial charge >= 0.3 is 0 Å². The van der Waals surface area contributed by atoms with Gasteiger partial charge in [0.2, 0.25) is 4.96 Å². The molecule has 8 heteroatoms. The van der Waals surface area contributed by atoms with Gasteiger partial charge in [0.25, 0.3) is 5.56 Å². The number of halogens is 1. The van der Waals surface area contributed by atoms with Gasteiger partial charge in [-0.1, -0.05) is 103 Å². The van der Waals surface area contributed by atoms with Gasteiger partial charge in [-0.2, -0.15) is 14.6 Å². The van der Waals surface area contributed by atoms with E-state index in [0.29, 0.717) is 15.3 Å². The van der Waals surface area contributed by atoms with E-state index in [1.807, 2.05) is 83.7 Å². The van der Waals surface area contributed by atoms with Crippen LogP contribution in [-0.4, -0.2) is 24.4 Å². The summed E-state index contributed by atoms with van der Waals surface area (Å²) in [5, 5.41) is 9.40. The molecule has 0 atom stereocenters. The van der Waals surface area contributed by atoms with Crippen molar-refractivity contribution in [2.24, 2.45) is 0 Å². The molecule has 0 N–H and O–H groups in total. The largest absolute Gasteiger partial charge is 0.291 e. The van der Waals surface area contributed by atoms with Crippen molar-refractivity contribution in [3.8, 4) is 28.3 Å². The van der Waals surface area contributed by atoms with E-state index in [-0.39, 0.29) is 11.0 Å². The highest BCUT2D eigenvalue weighted by Crippen LogP contribution is 2.27. The first-order valence-corrected chi connectivity index (χ1v) is 13.8. The summed E-state index contributed by atoms with van der Waals surface area (Å²) in [5.41, 5.74) is 5.54. The number of aromatic nitrogens is 5. The van der Waals surface area contributed by atoms with E-state index < -0.39 is 0 Å². The van der Waals surface area contributed by atoms with Gasteiger partial charge in [-0.05, 0) is 41.3 Å². The Morgan fingerprint density at radius 1 is 0.868 bits per heavy atom. The maximum absolute atomic E-state index is 13.3. The summed E-state index contributed by atoms with van der Waals surface area (Å²) in [5.74, 6) is 0.549. The molecule has 0 bridgehead atoms. The van der Waals surface area contributed by atoms with Gasteiger partial charge in [0.15, 0.2) is 5.82 Å². The number of thiazole rings is 1. The smallest absolute Gasteiger partial charge is 0.266 e. The molecular weight excluding hydrogens is 558 g/mol. The minimum atomic E-state index is -0.190. The number of hydrogen-bond donors (Lipinski definition) is 0. The van der Waals surface area contributed by atoms with Crippen molar-refractivity contribution in [1.29, 1.82) is 0 Å². The van der Waals surface area contributed by atoms with Crippen molar-refractivity contribution in [1.82, 2.24) is 24.4 Å². The van der Waals surface area contributed by atoms with Crippen LogP contribution in [0, 0.1) is 0 Å². The quantitative estimate of drug-likeness (QED) is 0.246. The molecule has 0 radical (unpaired) electrons. The average Bonchev–Trinajstić information content (AvgIpc) is 3.60. The second-order valence-corrected chi connectivity index (χ2v) is 12.0. The van der Waals surface area contributed by atoms with E-state index in [1.165, 1.54) is 21.4 Å². The SMILES string of the molecule is CC(C)(C)c1ccc(-c2nc3sc(=Cc4cn(-c5ccccc5)nc4-c4ccc(Br)cc4)c(=O)n3n2)cc1. The molecule has 0 aliphatic rings. The van der Waals surface area contributed by atoms with Gasteiger partial charge in [0.05, 0.1) is 15.9 Å². The number of para-hydroxylation sites is 1. The predicted molar refractivity (Wildman–Crippen MR) is 157 cm³/mol. The van der Waals surface area contributed by atoms with E-state index in [4.69, 9.17) is 5.10 Å². The molecule has 0 aliphatic heterocycles. The summed E-state index contributed by atoms with van der Waals surface area (Å²) in [6.45, 7) is 6.54. The normalized spacial score (nSPS) is 12.5. The maximum Gasteiger partial charge on any atom is 0.291 e. The summed E-state index contributed by atoms with van der Waals surface area (Å²) < 4.78 is 4.78. The fraction of sp³-hybridized carbons (Fsp3) is 0.133. The Balaban J connectivity index is 1.43. The minimum absolute atomic E-state index is 0.0663. The van der Waals surface area contributed by atoms with Crippen molar-refractivity contribution in [2.45, 2.75) is 26.2 Å². The van der Waals surface area contributed by atoms with Gasteiger partial charge in [0, 0.05) is 27.4 Å². The third-order valence-corrected chi connectivity index (χ3v) is 7.85. The molecule has 6 aromatic rings. The Morgan fingerprint density at radius 2 is 1.55 bits per heavy atom. The van der Waals surface area contributed by atoms with Crippen LogP contribution in [0.5, 0.6) is 0 Å². The van der Waals surface area contributed by atoms with Crippen molar-refractivity contribution < 1.29 is 0 Å². The molecular formula is C30H24BrN5OS. The molecule has 3 aromatic carbocycles. The summed E-state index contributed by atoms with van der Waals surface area (Å²) >= 11 is 4.83. The highest BCUT2D eigenvalue weighted by Gasteiger charge is 2.17. The zero-order valence-corrected chi connectivity index (χ0v) is 23.5. The lowest BCUT2D eigenvalue weighted by molar-refractivity contribution is 0.590. The van der Waals surface area contributed by atoms with Crippen LogP contribution in [0.2, 0.25) is 0 Å². The van der Waals surface area contributed by atoms with E-state index in [9.17, 15) is 4.79 Å². The Hall–Kier alpha value is -3.88. The van der Waals surface area contributed by atoms with Gasteiger partial charge in [-0.25, -0.2) is 4.68 Å². The molecule has 6 nitrogen and oxygen atoms in total. The molecule has 0 spiro atoms. The molecule has 6 rings (SSSR count). The summed E-state index contributed by atoms with van der Waals surface area (Å²) in [6, 6.07) is 26.1. The fourth-order valence-corrected chi connectivity index (χ4v) is 5.42. The van der Waals surface area contributed by atoms with E-state index in [0.717, 1.165) is 32.5 Å². The number of hydrogen-bond acceptors (Lipinski definition) is 5. The molecule has 0 saturated carbocycles. The van der Waals surface area contributed by atoms with Crippen LogP contribution in [0.25, 0.3) is 39.4 Å². The van der Waals surface area contributed by atoms with Crippen LogP contribution in [-0.2, 0) is 5.41 Å². The molecule has 188 valence electrons. The molecule has 38 heavy (non-hydrogen) atoms. The molecule has 0 aliphatic carbocycles. The third kappa shape index (κ3) is 4.61. The van der Waals surface area contributed by atoms with Crippen molar-refractivity contribution in [3.05, 3.63) is 116 Å². The summed E-state index contributed by atoms with van der Waals surface area (Å²) in [6.07, 6.45) is 3.83. The lowest BCUT2D eigenvalue weighted by Crippen LogP contribution is -2.23. The van der Waals surface area contributed by atoms with Crippen LogP contribution in [0.15, 0.2) is 94.3 Å². The number of nitrogens with zero attached hydrogens (tertiary/aromatic N) is 5. The predicted octanol–water partition coefficient (Wildman–Crippen LogP) is 6.28. The van der Waals surface area contributed by atoms with Gasteiger partial charge in [-0.15, -0.1) is 5.10 Å². The Bertz CT molecular complexity index is 1860. The monoisotopic (exact) mass is 581 g/mol. The second kappa shape index (κ2) is 9.45. The van der Waals surface area contributed by atoms with Crippen molar-refractivity contribution in [3.63, 3.8) is 0 Å². The van der Waals surface area contributed by atoms with E-state index in [2.05, 4.69) is 58.9 Å². The van der Waals surface area contributed by atoms with E-state index >= 15 is 0 Å². The van der Waals surface area contributed by atoms with Crippen LogP contribution in [0.4, 0.5) is 0 Å². The van der Waals surface area contributed by atoms with Crippen LogP contribution < -0.4 is 10.1 Å². The van der Waals surface area contributed by atoms with Gasteiger partial charge < -0.3 is 0 Å². The lowest BCUT2D eigenvalue weighted by Gasteiger charge is -2.18. The maximum atomic E-state index is 13.3. The van der Waals surface area contributed by atoms with Crippen LogP contribution >= 0.6 is 27.3 Å². The van der Waals surface area contributed by atoms with Crippen molar-refractivity contribution in [2.75, 3.05) is 0 Å². The molecule has 0 saturated heterocycles. The molecule has 0 fully saturated rings. The van der Waals surface area contributed by atoms with Crippen LogP contribution in [0.3, 0.4) is 0 Å². The highest BCUT2D eigenvalue weighted by molar-refractivity contribution is 9.10. The molecule has 3 aromatic heterocycles. The lowest BCUT2D eigenvalue weighted by atomic mass is 9.87. The first-order chi connectivity index (χ1) is 18.3. The summed E-state index contributed by atoms with van der Waals surface area (Å²) in [7, 11) is 0. The number of benzene rings is 3. The first kappa shape index (κ1) is 24.5. The molecule has 0 unspecified atom stereocenters. The Kier molecular flexibility index (Phi) is 6.08. The fourth-order valence-electron chi connectivity index (χ4n) is 4.25. The average molecular weight is 583 g/mol. The van der Waals surface area contributed by atoms with Gasteiger partial charge in [0.1, 0.15) is 0 Å². The van der Waals surface area contributed by atoms with Gasteiger partial charge in [-0.3, -0.25) is 4.79 Å². The minimum Gasteiger partial charge on any atom is -0.266 e. The summed E-state index contributed by atoms with van der Waals surface area (Å²) in [4.78, 5) is 18.6. The highest BCUT2D eigenvalue weighted by atomic mass is 79.9. The van der Waals surface area contributed by atoms with E-state index in [1.54, 1.807) is 0 Å². The van der Waals surface area contributed by atoms with Crippen molar-refractivity contribution >= 4 is 38.3 Å². The molecule has 3 heterocycles. The Morgan fingerprint density at radius 3 is 2.21 bits per heavy atom. The second-order valence-electron chi connectivity index (χ2n) is 10.1. The zero-order valence-electron chi connectivity index (χ0n) is 21.1. The third-order valence-electron chi connectivity index (χ3n) is 6.36. The topological polar surface area (TPSA) is 65.1 Å². The first-order valence-electron chi connectivity index (χ1n) is 12.2. The Labute approximate surface area is 232 Å². The van der Waals surface area contributed by atoms with Crippen LogP contribution in [0.1, 0.15) is 31.9 Å². The number of rotatable bonds is 4. The molecule has 0 amide bonds. The standard InChI is InChI=1S/C30H24BrN5OS/c1-30(2,3)22-13-9-20(10-14-22)27-32-29-36(34-27)28(37)25(38-29)17-21-18-35(24-7-5-4-6-8-24)33-26(21)19-11-15-23(31)16-12-19/h4-18H,1-3H3.